The van der Waals surface area contributed by atoms with Crippen molar-refractivity contribution in [2.24, 2.45) is 5.92 Å². The molecule has 4 heteroatoms. The SMILES string of the molecule is CNC1c2ccc(F)c(Cl)c2CSC1C(C)C. The number of benzene rings is 1. The van der Waals surface area contributed by atoms with Gasteiger partial charge in [-0.3, -0.25) is 0 Å². The maximum Gasteiger partial charge on any atom is 0.142 e. The fourth-order valence-corrected chi connectivity index (χ4v) is 4.24. The maximum atomic E-state index is 13.4. The Hall–Kier alpha value is -0.250. The maximum absolute atomic E-state index is 13.4. The van der Waals surface area contributed by atoms with E-state index in [0.29, 0.717) is 11.2 Å². The van der Waals surface area contributed by atoms with Crippen molar-refractivity contribution in [3.05, 3.63) is 34.1 Å². The van der Waals surface area contributed by atoms with E-state index in [4.69, 9.17) is 11.6 Å². The molecule has 1 aliphatic rings. The Labute approximate surface area is 111 Å². The number of hydrogen-bond acceptors (Lipinski definition) is 2. The molecule has 0 saturated carbocycles. The van der Waals surface area contributed by atoms with Gasteiger partial charge in [0.25, 0.3) is 0 Å². The zero-order valence-corrected chi connectivity index (χ0v) is 11.8. The third-order valence-electron chi connectivity index (χ3n) is 3.28. The molecule has 0 spiro atoms. The average molecular weight is 274 g/mol. The van der Waals surface area contributed by atoms with E-state index < -0.39 is 0 Å². The number of thioether (sulfide) groups is 1. The van der Waals surface area contributed by atoms with Gasteiger partial charge in [0.05, 0.1) is 5.02 Å². The van der Waals surface area contributed by atoms with E-state index in [1.165, 1.54) is 6.07 Å². The predicted molar refractivity (Wildman–Crippen MR) is 73.1 cm³/mol. The van der Waals surface area contributed by atoms with Crippen LogP contribution < -0.4 is 5.32 Å². The molecule has 0 fully saturated rings. The molecule has 2 atom stereocenters. The molecule has 2 unspecified atom stereocenters. The molecule has 1 aromatic carbocycles. The normalized spacial score (nSPS) is 23.9. The summed E-state index contributed by atoms with van der Waals surface area (Å²) >= 11 is 7.90. The first-order chi connectivity index (χ1) is 8.06. The van der Waals surface area contributed by atoms with Crippen molar-refractivity contribution in [2.75, 3.05) is 7.05 Å². The molecular weight excluding hydrogens is 257 g/mol. The Morgan fingerprint density at radius 2 is 2.18 bits per heavy atom. The van der Waals surface area contributed by atoms with Gasteiger partial charge in [0.15, 0.2) is 0 Å². The lowest BCUT2D eigenvalue weighted by Crippen LogP contribution is -2.34. The topological polar surface area (TPSA) is 12.0 Å². The molecule has 1 heterocycles. The molecule has 0 saturated heterocycles. The minimum absolute atomic E-state index is 0.252. The molecule has 0 bridgehead atoms. The second-order valence-corrected chi connectivity index (χ2v) is 6.26. The monoisotopic (exact) mass is 273 g/mol. The molecule has 0 aliphatic carbocycles. The molecule has 0 aromatic heterocycles. The molecule has 1 aromatic rings. The zero-order chi connectivity index (χ0) is 12.6. The first-order valence-corrected chi connectivity index (χ1v) is 7.24. The minimum Gasteiger partial charge on any atom is -0.312 e. The minimum atomic E-state index is -0.316. The summed E-state index contributed by atoms with van der Waals surface area (Å²) in [4.78, 5) is 0. The van der Waals surface area contributed by atoms with E-state index in [2.05, 4.69) is 19.2 Å². The lowest BCUT2D eigenvalue weighted by atomic mass is 9.92. The first kappa shape index (κ1) is 13.2. The fraction of sp³-hybridized carbons (Fsp3) is 0.538. The Kier molecular flexibility index (Phi) is 4.01. The molecule has 1 aliphatic heterocycles. The fourth-order valence-electron chi connectivity index (χ4n) is 2.40. The molecule has 0 radical (unpaired) electrons. The van der Waals surface area contributed by atoms with Crippen molar-refractivity contribution < 1.29 is 4.39 Å². The summed E-state index contributed by atoms with van der Waals surface area (Å²) in [6.45, 7) is 4.44. The van der Waals surface area contributed by atoms with E-state index in [1.54, 1.807) is 0 Å². The van der Waals surface area contributed by atoms with Crippen LogP contribution in [0.4, 0.5) is 4.39 Å². The third kappa shape index (κ3) is 2.33. The highest BCUT2D eigenvalue weighted by molar-refractivity contribution is 7.99. The summed E-state index contributed by atoms with van der Waals surface area (Å²) in [7, 11) is 1.95. The molecular formula is C13H17ClFNS. The van der Waals surface area contributed by atoms with Crippen molar-refractivity contribution in [1.82, 2.24) is 5.32 Å². The summed E-state index contributed by atoms with van der Waals surface area (Å²) in [6.07, 6.45) is 0. The number of nitrogens with one attached hydrogen (secondary N) is 1. The van der Waals surface area contributed by atoms with Gasteiger partial charge in [-0.2, -0.15) is 11.8 Å². The summed E-state index contributed by atoms with van der Waals surface area (Å²) in [5.74, 6) is 1.06. The van der Waals surface area contributed by atoms with Gasteiger partial charge in [0.1, 0.15) is 5.82 Å². The lowest BCUT2D eigenvalue weighted by molar-refractivity contribution is 0.465. The second-order valence-electron chi connectivity index (χ2n) is 4.72. The molecule has 94 valence electrons. The van der Waals surface area contributed by atoms with Gasteiger partial charge in [-0.05, 0) is 30.2 Å². The zero-order valence-electron chi connectivity index (χ0n) is 10.3. The van der Waals surface area contributed by atoms with Crippen LogP contribution in [-0.2, 0) is 5.75 Å². The Morgan fingerprint density at radius 1 is 1.47 bits per heavy atom. The van der Waals surface area contributed by atoms with Gasteiger partial charge in [-0.1, -0.05) is 31.5 Å². The molecule has 1 nitrogen and oxygen atoms in total. The van der Waals surface area contributed by atoms with Crippen LogP contribution in [0, 0.1) is 11.7 Å². The van der Waals surface area contributed by atoms with Crippen LogP contribution >= 0.6 is 23.4 Å². The molecule has 0 amide bonds. The lowest BCUT2D eigenvalue weighted by Gasteiger charge is -2.35. The van der Waals surface area contributed by atoms with Gasteiger partial charge in [0, 0.05) is 17.0 Å². The van der Waals surface area contributed by atoms with Crippen LogP contribution in [0.1, 0.15) is 31.0 Å². The van der Waals surface area contributed by atoms with Crippen LogP contribution in [0.2, 0.25) is 5.02 Å². The van der Waals surface area contributed by atoms with Crippen LogP contribution in [0.15, 0.2) is 12.1 Å². The highest BCUT2D eigenvalue weighted by Crippen LogP contribution is 2.43. The third-order valence-corrected chi connectivity index (χ3v) is 5.35. The standard InChI is InChI=1S/C13H17ClFNS/c1-7(2)13-12(16-3)8-4-5-10(15)11(14)9(8)6-17-13/h4-5,7,12-13,16H,6H2,1-3H3. The predicted octanol–water partition coefficient (Wildman–Crippen LogP) is 4.01. The van der Waals surface area contributed by atoms with Gasteiger partial charge in [-0.25, -0.2) is 4.39 Å². The molecule has 2 rings (SSSR count). The van der Waals surface area contributed by atoms with Gasteiger partial charge in [-0.15, -0.1) is 0 Å². The van der Waals surface area contributed by atoms with Crippen molar-refractivity contribution in [3.8, 4) is 0 Å². The molecule has 17 heavy (non-hydrogen) atoms. The van der Waals surface area contributed by atoms with Crippen LogP contribution in [0.5, 0.6) is 0 Å². The highest BCUT2D eigenvalue weighted by Gasteiger charge is 2.32. The summed E-state index contributed by atoms with van der Waals surface area (Å²) in [6, 6.07) is 3.59. The van der Waals surface area contributed by atoms with Crippen molar-refractivity contribution in [1.29, 1.82) is 0 Å². The van der Waals surface area contributed by atoms with E-state index in [-0.39, 0.29) is 16.9 Å². The number of halogens is 2. The van der Waals surface area contributed by atoms with Crippen LogP contribution in [0.25, 0.3) is 0 Å². The second kappa shape index (κ2) is 5.17. The van der Waals surface area contributed by atoms with E-state index in [1.807, 2.05) is 24.9 Å². The Balaban J connectivity index is 2.46. The smallest absolute Gasteiger partial charge is 0.142 e. The number of fused-ring (bicyclic) bond motifs is 1. The van der Waals surface area contributed by atoms with E-state index in [9.17, 15) is 4.39 Å². The summed E-state index contributed by atoms with van der Waals surface area (Å²) in [5, 5.41) is 4.13. The molecule has 1 N–H and O–H groups in total. The van der Waals surface area contributed by atoms with Gasteiger partial charge in [0.2, 0.25) is 0 Å². The average Bonchev–Trinajstić information content (AvgIpc) is 2.32. The Morgan fingerprint density at radius 3 is 2.76 bits per heavy atom. The van der Waals surface area contributed by atoms with Gasteiger partial charge < -0.3 is 5.32 Å². The van der Waals surface area contributed by atoms with E-state index in [0.717, 1.165) is 16.9 Å². The number of rotatable bonds is 2. The summed E-state index contributed by atoms with van der Waals surface area (Å²) < 4.78 is 13.4. The van der Waals surface area contributed by atoms with Gasteiger partial charge >= 0.3 is 0 Å². The first-order valence-electron chi connectivity index (χ1n) is 5.82. The Bertz CT molecular complexity index is 422. The number of hydrogen-bond donors (Lipinski definition) is 1. The van der Waals surface area contributed by atoms with E-state index >= 15 is 0 Å². The van der Waals surface area contributed by atoms with Crippen molar-refractivity contribution in [2.45, 2.75) is 30.9 Å². The summed E-state index contributed by atoms with van der Waals surface area (Å²) in [5.41, 5.74) is 2.10. The van der Waals surface area contributed by atoms with Crippen LogP contribution in [0.3, 0.4) is 0 Å². The quantitative estimate of drug-likeness (QED) is 0.874. The van der Waals surface area contributed by atoms with Crippen molar-refractivity contribution >= 4 is 23.4 Å². The largest absolute Gasteiger partial charge is 0.312 e. The van der Waals surface area contributed by atoms with Crippen molar-refractivity contribution in [3.63, 3.8) is 0 Å². The highest BCUT2D eigenvalue weighted by atomic mass is 35.5. The van der Waals surface area contributed by atoms with Crippen LogP contribution in [-0.4, -0.2) is 12.3 Å².